The summed E-state index contributed by atoms with van der Waals surface area (Å²) in [6, 6.07) is 16.0. The normalized spacial score (nSPS) is 14.4. The lowest BCUT2D eigenvalue weighted by Crippen LogP contribution is -2.29. The van der Waals surface area contributed by atoms with Crippen LogP contribution in [-0.2, 0) is 9.59 Å². The van der Waals surface area contributed by atoms with Crippen LogP contribution >= 0.6 is 0 Å². The Bertz CT molecular complexity index is 821. The molecular weight excluding hydrogens is 344 g/mol. The maximum absolute atomic E-state index is 12.4. The molecule has 0 saturated carbocycles. The number of rotatable bonds is 6. The van der Waals surface area contributed by atoms with Crippen LogP contribution in [0.2, 0.25) is 0 Å². The summed E-state index contributed by atoms with van der Waals surface area (Å²) in [4.78, 5) is 37.2. The third-order valence-corrected chi connectivity index (χ3v) is 4.29. The predicted molar refractivity (Wildman–Crippen MR) is 103 cm³/mol. The third-order valence-electron chi connectivity index (χ3n) is 4.29. The highest BCUT2D eigenvalue weighted by molar-refractivity contribution is 5.95. The number of benzene rings is 2. The molecule has 1 saturated heterocycles. The zero-order valence-corrected chi connectivity index (χ0v) is 15.1. The summed E-state index contributed by atoms with van der Waals surface area (Å²) in [5, 5.41) is 8.40. The molecule has 7 heteroatoms. The first kappa shape index (κ1) is 18.4. The second-order valence-electron chi connectivity index (χ2n) is 6.35. The van der Waals surface area contributed by atoms with Crippen LogP contribution in [0.3, 0.4) is 0 Å². The summed E-state index contributed by atoms with van der Waals surface area (Å²) in [5.74, 6) is -0.394. The topological polar surface area (TPSA) is 90.5 Å². The van der Waals surface area contributed by atoms with Gasteiger partial charge in [-0.2, -0.15) is 0 Å². The van der Waals surface area contributed by atoms with E-state index in [2.05, 4.69) is 16.0 Å². The van der Waals surface area contributed by atoms with Crippen LogP contribution in [0.15, 0.2) is 54.6 Å². The number of anilines is 2. The lowest BCUT2D eigenvalue weighted by molar-refractivity contribution is -0.120. The fourth-order valence-electron chi connectivity index (χ4n) is 3.02. The quantitative estimate of drug-likeness (QED) is 0.733. The molecule has 3 N–H and O–H groups in total. The summed E-state index contributed by atoms with van der Waals surface area (Å²) in [5.41, 5.74) is 2.29. The minimum absolute atomic E-state index is 0.118. The highest BCUT2D eigenvalue weighted by Gasteiger charge is 2.21. The Morgan fingerprint density at radius 3 is 2.41 bits per heavy atom. The van der Waals surface area contributed by atoms with E-state index < -0.39 is 6.04 Å². The van der Waals surface area contributed by atoms with Gasteiger partial charge in [-0.15, -0.1) is 0 Å². The smallest absolute Gasteiger partial charge is 0.321 e. The Labute approximate surface area is 157 Å². The molecule has 3 rings (SSSR count). The number of carbonyl (C=O) groups excluding carboxylic acids is 3. The van der Waals surface area contributed by atoms with E-state index in [4.69, 9.17) is 0 Å². The largest absolute Gasteiger partial charge is 0.349 e. The first-order valence-corrected chi connectivity index (χ1v) is 8.80. The van der Waals surface area contributed by atoms with Crippen LogP contribution < -0.4 is 20.9 Å². The summed E-state index contributed by atoms with van der Waals surface area (Å²) >= 11 is 0. The molecular formula is C20H22N4O3. The van der Waals surface area contributed by atoms with Crippen molar-refractivity contribution in [2.75, 3.05) is 23.3 Å². The summed E-state index contributed by atoms with van der Waals surface area (Å²) in [6.07, 6.45) is 0.125. The van der Waals surface area contributed by atoms with E-state index in [-0.39, 0.29) is 24.3 Å². The molecule has 0 aliphatic carbocycles. The van der Waals surface area contributed by atoms with Crippen LogP contribution in [0.4, 0.5) is 16.2 Å². The van der Waals surface area contributed by atoms with Crippen molar-refractivity contribution in [3.8, 4) is 0 Å². The van der Waals surface area contributed by atoms with Crippen LogP contribution in [0.1, 0.15) is 24.9 Å². The molecule has 140 valence electrons. The van der Waals surface area contributed by atoms with Crippen molar-refractivity contribution >= 4 is 29.2 Å². The third kappa shape index (κ3) is 4.84. The summed E-state index contributed by atoms with van der Waals surface area (Å²) < 4.78 is 0. The van der Waals surface area contributed by atoms with Crippen LogP contribution in [0.25, 0.3) is 0 Å². The standard InChI is InChI=1S/C20H22N4O3/c1-14(25)22-18(15-5-3-2-4-6-15)13-19(26)23-16-7-9-17(10-8-16)24-12-11-21-20(24)27/h2-10,18H,11-13H2,1H3,(H,21,27)(H,22,25)(H,23,26). The zero-order chi connectivity index (χ0) is 19.2. The Kier molecular flexibility index (Phi) is 5.71. The average Bonchev–Trinajstić information content (AvgIpc) is 3.08. The van der Waals surface area contributed by atoms with Gasteiger partial charge < -0.3 is 16.0 Å². The molecule has 0 aromatic heterocycles. The van der Waals surface area contributed by atoms with Gasteiger partial charge in [-0.25, -0.2) is 4.79 Å². The van der Waals surface area contributed by atoms with E-state index in [1.165, 1.54) is 6.92 Å². The number of hydrogen-bond donors (Lipinski definition) is 3. The van der Waals surface area contributed by atoms with Crippen molar-refractivity contribution in [2.24, 2.45) is 0 Å². The fraction of sp³-hybridized carbons (Fsp3) is 0.250. The molecule has 1 unspecified atom stereocenters. The van der Waals surface area contributed by atoms with Crippen molar-refractivity contribution in [1.29, 1.82) is 0 Å². The first-order chi connectivity index (χ1) is 13.0. The van der Waals surface area contributed by atoms with Gasteiger partial charge in [0.2, 0.25) is 11.8 Å². The van der Waals surface area contributed by atoms with Crippen molar-refractivity contribution in [2.45, 2.75) is 19.4 Å². The molecule has 1 heterocycles. The Hall–Kier alpha value is -3.35. The van der Waals surface area contributed by atoms with Crippen molar-refractivity contribution in [3.63, 3.8) is 0 Å². The first-order valence-electron chi connectivity index (χ1n) is 8.80. The molecule has 4 amide bonds. The molecule has 1 fully saturated rings. The van der Waals surface area contributed by atoms with Gasteiger partial charge >= 0.3 is 6.03 Å². The lowest BCUT2D eigenvalue weighted by Gasteiger charge is -2.18. The van der Waals surface area contributed by atoms with Crippen LogP contribution in [0.5, 0.6) is 0 Å². The van der Waals surface area contributed by atoms with Crippen LogP contribution in [0, 0.1) is 0 Å². The minimum atomic E-state index is -0.392. The average molecular weight is 366 g/mol. The van der Waals surface area contributed by atoms with Crippen molar-refractivity contribution in [3.05, 3.63) is 60.2 Å². The zero-order valence-electron chi connectivity index (χ0n) is 15.1. The molecule has 0 radical (unpaired) electrons. The van der Waals surface area contributed by atoms with Gasteiger partial charge in [-0.05, 0) is 29.8 Å². The maximum Gasteiger partial charge on any atom is 0.321 e. The Balaban J connectivity index is 1.63. The number of urea groups is 1. The number of hydrogen-bond acceptors (Lipinski definition) is 3. The number of nitrogens with zero attached hydrogens (tertiary/aromatic N) is 1. The molecule has 1 aliphatic heterocycles. The lowest BCUT2D eigenvalue weighted by atomic mass is 10.0. The Morgan fingerprint density at radius 1 is 1.11 bits per heavy atom. The van der Waals surface area contributed by atoms with Gasteiger partial charge in [0.25, 0.3) is 0 Å². The van der Waals surface area contributed by atoms with E-state index in [0.29, 0.717) is 18.8 Å². The van der Waals surface area contributed by atoms with Gasteiger partial charge in [0.15, 0.2) is 0 Å². The predicted octanol–water partition coefficient (Wildman–Crippen LogP) is 2.42. The van der Waals surface area contributed by atoms with Crippen molar-refractivity contribution < 1.29 is 14.4 Å². The van der Waals surface area contributed by atoms with Gasteiger partial charge in [-0.1, -0.05) is 30.3 Å². The highest BCUT2D eigenvalue weighted by atomic mass is 16.2. The Morgan fingerprint density at radius 2 is 1.81 bits per heavy atom. The van der Waals surface area contributed by atoms with E-state index in [0.717, 1.165) is 11.3 Å². The molecule has 2 aromatic rings. The number of carbonyl (C=O) groups is 3. The molecule has 0 bridgehead atoms. The van der Waals surface area contributed by atoms with E-state index in [1.807, 2.05) is 30.3 Å². The number of nitrogens with one attached hydrogen (secondary N) is 3. The summed E-state index contributed by atoms with van der Waals surface area (Å²) in [7, 11) is 0. The summed E-state index contributed by atoms with van der Waals surface area (Å²) in [6.45, 7) is 2.68. The molecule has 1 atom stereocenters. The maximum atomic E-state index is 12.4. The monoisotopic (exact) mass is 366 g/mol. The van der Waals surface area contributed by atoms with E-state index >= 15 is 0 Å². The van der Waals surface area contributed by atoms with Gasteiger partial charge in [0.05, 0.1) is 12.5 Å². The molecule has 0 spiro atoms. The number of amides is 4. The van der Waals surface area contributed by atoms with Gasteiger partial charge in [0, 0.05) is 31.4 Å². The van der Waals surface area contributed by atoms with Gasteiger partial charge in [-0.3, -0.25) is 14.5 Å². The second kappa shape index (κ2) is 8.35. The minimum Gasteiger partial charge on any atom is -0.349 e. The molecule has 27 heavy (non-hydrogen) atoms. The molecule has 2 aromatic carbocycles. The molecule has 1 aliphatic rings. The van der Waals surface area contributed by atoms with E-state index in [1.54, 1.807) is 29.2 Å². The van der Waals surface area contributed by atoms with Crippen molar-refractivity contribution in [1.82, 2.24) is 10.6 Å². The SMILES string of the molecule is CC(=O)NC(CC(=O)Nc1ccc(N2CCNC2=O)cc1)c1ccccc1. The van der Waals surface area contributed by atoms with Gasteiger partial charge in [0.1, 0.15) is 0 Å². The fourth-order valence-corrected chi connectivity index (χ4v) is 3.02. The second-order valence-corrected chi connectivity index (χ2v) is 6.35. The molecule has 7 nitrogen and oxygen atoms in total. The van der Waals surface area contributed by atoms with E-state index in [9.17, 15) is 14.4 Å². The highest BCUT2D eigenvalue weighted by Crippen LogP contribution is 2.21. The van der Waals surface area contributed by atoms with Crippen LogP contribution in [-0.4, -0.2) is 30.9 Å².